The van der Waals surface area contributed by atoms with Crippen molar-refractivity contribution in [3.63, 3.8) is 0 Å². The molecule has 0 radical (unpaired) electrons. The van der Waals surface area contributed by atoms with Gasteiger partial charge in [-0.2, -0.15) is 0 Å². The molecule has 1 saturated carbocycles. The van der Waals surface area contributed by atoms with Crippen molar-refractivity contribution >= 4 is 17.2 Å². The van der Waals surface area contributed by atoms with E-state index in [1.54, 1.807) is 0 Å². The standard InChI is InChI=1S/C30H42ClFO/c1-3-5-6-7-22-10-19-28(33-20-22)27-18-17-26(29(31)30(27)32)25-15-13-24(14-16-25)23-11-8-21(4-2)9-12-23/h4,15,17-18,21-24,28H,2-3,5-14,16,19-20H2,1H3. The Labute approximate surface area is 205 Å². The van der Waals surface area contributed by atoms with Crippen LogP contribution in [-0.2, 0) is 4.74 Å². The second-order valence-electron chi connectivity index (χ2n) is 10.8. The van der Waals surface area contributed by atoms with Crippen molar-refractivity contribution in [2.75, 3.05) is 6.61 Å². The van der Waals surface area contributed by atoms with Crippen molar-refractivity contribution in [2.45, 2.75) is 96.5 Å². The lowest BCUT2D eigenvalue weighted by atomic mass is 9.71. The highest BCUT2D eigenvalue weighted by atomic mass is 35.5. The van der Waals surface area contributed by atoms with E-state index >= 15 is 4.39 Å². The lowest BCUT2D eigenvalue weighted by molar-refractivity contribution is -0.0215. The molecule has 1 aromatic carbocycles. The first-order valence-corrected chi connectivity index (χ1v) is 13.9. The molecule has 0 N–H and O–H groups in total. The Morgan fingerprint density at radius 1 is 1.06 bits per heavy atom. The summed E-state index contributed by atoms with van der Waals surface area (Å²) in [6.45, 7) is 6.95. The third-order valence-electron chi connectivity index (χ3n) is 8.66. The Morgan fingerprint density at radius 2 is 1.88 bits per heavy atom. The quantitative estimate of drug-likeness (QED) is 0.270. The zero-order valence-electron chi connectivity index (χ0n) is 20.5. The zero-order valence-corrected chi connectivity index (χ0v) is 21.2. The molecule has 3 heteroatoms. The molecule has 1 aliphatic heterocycles. The number of unbranched alkanes of at least 4 members (excludes halogenated alkanes) is 2. The molecule has 33 heavy (non-hydrogen) atoms. The third kappa shape index (κ3) is 6.12. The molecule has 3 unspecified atom stereocenters. The number of ether oxygens (including phenoxy) is 1. The van der Waals surface area contributed by atoms with Crippen LogP contribution in [0.1, 0.15) is 108 Å². The van der Waals surface area contributed by atoms with Crippen molar-refractivity contribution < 1.29 is 9.13 Å². The lowest BCUT2D eigenvalue weighted by Crippen LogP contribution is -2.22. The normalized spacial score (nSPS) is 30.6. The van der Waals surface area contributed by atoms with Crippen LogP contribution in [0.3, 0.4) is 0 Å². The summed E-state index contributed by atoms with van der Waals surface area (Å²) in [6.07, 6.45) is 19.9. The van der Waals surface area contributed by atoms with Gasteiger partial charge in [0, 0.05) is 5.56 Å². The van der Waals surface area contributed by atoms with Crippen molar-refractivity contribution in [1.82, 2.24) is 0 Å². The molecule has 182 valence electrons. The maximum absolute atomic E-state index is 15.3. The summed E-state index contributed by atoms with van der Waals surface area (Å²) in [5, 5.41) is 0.289. The van der Waals surface area contributed by atoms with Gasteiger partial charge in [0.15, 0.2) is 0 Å². The summed E-state index contributed by atoms with van der Waals surface area (Å²) < 4.78 is 21.4. The van der Waals surface area contributed by atoms with Gasteiger partial charge in [-0.3, -0.25) is 0 Å². The Bertz CT molecular complexity index is 815. The summed E-state index contributed by atoms with van der Waals surface area (Å²) in [5.41, 5.74) is 2.76. The molecular weight excluding hydrogens is 431 g/mol. The fraction of sp³-hybridized carbons (Fsp3) is 0.667. The highest BCUT2D eigenvalue weighted by Gasteiger charge is 2.30. The van der Waals surface area contributed by atoms with Gasteiger partial charge in [0.05, 0.1) is 17.7 Å². The van der Waals surface area contributed by atoms with Crippen LogP contribution in [0.2, 0.25) is 5.02 Å². The molecule has 1 saturated heterocycles. The molecule has 3 aliphatic rings. The molecule has 2 aliphatic carbocycles. The van der Waals surface area contributed by atoms with E-state index in [9.17, 15) is 0 Å². The number of rotatable bonds is 8. The van der Waals surface area contributed by atoms with E-state index in [0.717, 1.165) is 55.6 Å². The van der Waals surface area contributed by atoms with Crippen LogP contribution in [0.25, 0.3) is 5.57 Å². The molecule has 3 atom stereocenters. The maximum Gasteiger partial charge on any atom is 0.148 e. The first-order chi connectivity index (χ1) is 16.1. The van der Waals surface area contributed by atoms with E-state index in [-0.39, 0.29) is 16.9 Å². The van der Waals surface area contributed by atoms with Gasteiger partial charge in [-0.1, -0.05) is 62.1 Å². The Kier molecular flexibility index (Phi) is 9.11. The first kappa shape index (κ1) is 25.0. The van der Waals surface area contributed by atoms with Gasteiger partial charge >= 0.3 is 0 Å². The van der Waals surface area contributed by atoms with Crippen molar-refractivity contribution in [2.24, 2.45) is 23.7 Å². The second-order valence-corrected chi connectivity index (χ2v) is 11.1. The minimum absolute atomic E-state index is 0.158. The topological polar surface area (TPSA) is 9.23 Å². The smallest absolute Gasteiger partial charge is 0.148 e. The summed E-state index contributed by atoms with van der Waals surface area (Å²) in [6, 6.07) is 3.97. The van der Waals surface area contributed by atoms with E-state index in [1.807, 2.05) is 12.1 Å². The monoisotopic (exact) mass is 472 g/mol. The molecular formula is C30H42ClFO. The molecule has 1 aromatic rings. The summed E-state index contributed by atoms with van der Waals surface area (Å²) >= 11 is 6.60. The summed E-state index contributed by atoms with van der Waals surface area (Å²) in [5.74, 6) is 2.68. The van der Waals surface area contributed by atoms with E-state index in [4.69, 9.17) is 16.3 Å². The van der Waals surface area contributed by atoms with E-state index in [0.29, 0.717) is 11.5 Å². The Balaban J connectivity index is 1.35. The molecule has 4 rings (SSSR count). The predicted molar refractivity (Wildman–Crippen MR) is 138 cm³/mol. The average Bonchev–Trinajstić information content (AvgIpc) is 2.87. The zero-order chi connectivity index (χ0) is 23.2. The molecule has 0 aromatic heterocycles. The number of halogens is 2. The van der Waals surface area contributed by atoms with Gasteiger partial charge in [-0.05, 0) is 99.0 Å². The fourth-order valence-corrected chi connectivity index (χ4v) is 6.70. The SMILES string of the molecule is C=CC1CCC(C2CC=C(c3ccc(C4CCC(CCCCC)CO4)c(F)c3Cl)CC2)CC1. The largest absolute Gasteiger partial charge is 0.373 e. The molecule has 1 heterocycles. The number of hydrogen-bond acceptors (Lipinski definition) is 1. The maximum atomic E-state index is 15.3. The van der Waals surface area contributed by atoms with Crippen LogP contribution in [0, 0.1) is 29.5 Å². The van der Waals surface area contributed by atoms with E-state index in [1.165, 1.54) is 63.4 Å². The van der Waals surface area contributed by atoms with Crippen LogP contribution >= 0.6 is 11.6 Å². The summed E-state index contributed by atoms with van der Waals surface area (Å²) in [4.78, 5) is 0. The van der Waals surface area contributed by atoms with Crippen LogP contribution in [0.4, 0.5) is 4.39 Å². The average molecular weight is 473 g/mol. The number of hydrogen-bond donors (Lipinski definition) is 0. The van der Waals surface area contributed by atoms with Gasteiger partial charge in [-0.15, -0.1) is 6.58 Å². The van der Waals surface area contributed by atoms with Gasteiger partial charge < -0.3 is 4.74 Å². The van der Waals surface area contributed by atoms with Gasteiger partial charge in [0.1, 0.15) is 5.82 Å². The van der Waals surface area contributed by atoms with E-state index in [2.05, 4.69) is 25.7 Å². The lowest BCUT2D eigenvalue weighted by Gasteiger charge is -2.35. The minimum atomic E-state index is -0.269. The van der Waals surface area contributed by atoms with Crippen molar-refractivity contribution in [1.29, 1.82) is 0 Å². The van der Waals surface area contributed by atoms with Crippen molar-refractivity contribution in [3.8, 4) is 0 Å². The first-order valence-electron chi connectivity index (χ1n) is 13.5. The Hall–Kier alpha value is -1.12. The van der Waals surface area contributed by atoms with Crippen LogP contribution in [0.5, 0.6) is 0 Å². The van der Waals surface area contributed by atoms with Crippen molar-refractivity contribution in [3.05, 3.63) is 52.8 Å². The fourth-order valence-electron chi connectivity index (χ4n) is 6.40. The minimum Gasteiger partial charge on any atom is -0.373 e. The highest BCUT2D eigenvalue weighted by Crippen LogP contribution is 2.44. The van der Waals surface area contributed by atoms with Gasteiger partial charge in [0.25, 0.3) is 0 Å². The van der Waals surface area contributed by atoms with E-state index < -0.39 is 0 Å². The highest BCUT2D eigenvalue weighted by molar-refractivity contribution is 6.32. The Morgan fingerprint density at radius 3 is 2.52 bits per heavy atom. The molecule has 1 nitrogen and oxygen atoms in total. The molecule has 2 fully saturated rings. The van der Waals surface area contributed by atoms with Gasteiger partial charge in [-0.25, -0.2) is 4.39 Å². The number of allylic oxidation sites excluding steroid dienone is 3. The predicted octanol–water partition coefficient (Wildman–Crippen LogP) is 9.70. The summed E-state index contributed by atoms with van der Waals surface area (Å²) in [7, 11) is 0. The van der Waals surface area contributed by atoms with Crippen LogP contribution < -0.4 is 0 Å². The van der Waals surface area contributed by atoms with Crippen LogP contribution in [0.15, 0.2) is 30.9 Å². The molecule has 0 amide bonds. The van der Waals surface area contributed by atoms with Crippen LogP contribution in [-0.4, -0.2) is 6.61 Å². The number of benzene rings is 1. The molecule has 0 spiro atoms. The molecule has 0 bridgehead atoms. The van der Waals surface area contributed by atoms with Gasteiger partial charge in [0.2, 0.25) is 0 Å². The third-order valence-corrected chi connectivity index (χ3v) is 9.03. The second kappa shape index (κ2) is 12.0.